The Kier molecular flexibility index (Phi) is 5.20. The van der Waals surface area contributed by atoms with Crippen molar-refractivity contribution in [3.8, 4) is 11.5 Å². The van der Waals surface area contributed by atoms with Crippen molar-refractivity contribution < 1.29 is 9.47 Å². The molecule has 0 spiro atoms. The number of hydrogen-bond donors (Lipinski definition) is 2. The third kappa shape index (κ3) is 3.85. The Balaban J connectivity index is 3.11. The first kappa shape index (κ1) is 15.8. The van der Waals surface area contributed by atoms with E-state index in [0.29, 0.717) is 6.54 Å². The largest absolute Gasteiger partial charge is 0.497 e. The van der Waals surface area contributed by atoms with E-state index in [0.717, 1.165) is 29.0 Å². The topological polar surface area (TPSA) is 70.5 Å². The van der Waals surface area contributed by atoms with Crippen molar-refractivity contribution in [2.45, 2.75) is 33.2 Å². The van der Waals surface area contributed by atoms with Gasteiger partial charge in [0.15, 0.2) is 0 Å². The van der Waals surface area contributed by atoms with Gasteiger partial charge in [-0.25, -0.2) is 0 Å². The predicted molar refractivity (Wildman–Crippen MR) is 78.7 cm³/mol. The van der Waals surface area contributed by atoms with E-state index >= 15 is 0 Å². The maximum Gasteiger partial charge on any atom is 0.127 e. The lowest BCUT2D eigenvalue weighted by atomic mass is 9.83. The molecule has 0 aliphatic carbocycles. The highest BCUT2D eigenvalue weighted by atomic mass is 16.5. The van der Waals surface area contributed by atoms with Crippen LogP contribution >= 0.6 is 0 Å². The Morgan fingerprint density at radius 3 is 2.32 bits per heavy atom. The van der Waals surface area contributed by atoms with Gasteiger partial charge in [0, 0.05) is 17.7 Å². The lowest BCUT2D eigenvalue weighted by molar-refractivity contribution is 0.311. The fraction of sp³-hybridized carbons (Fsp3) is 0.600. The number of nitrogens with two attached hydrogens (primary N) is 2. The zero-order chi connectivity index (χ0) is 14.6. The van der Waals surface area contributed by atoms with Gasteiger partial charge in [-0.2, -0.15) is 0 Å². The quantitative estimate of drug-likeness (QED) is 0.829. The van der Waals surface area contributed by atoms with E-state index in [4.69, 9.17) is 20.9 Å². The highest BCUT2D eigenvalue weighted by molar-refractivity contribution is 5.47. The van der Waals surface area contributed by atoms with Crippen molar-refractivity contribution in [2.24, 2.45) is 16.9 Å². The third-order valence-corrected chi connectivity index (χ3v) is 3.47. The van der Waals surface area contributed by atoms with Crippen LogP contribution in [0.2, 0.25) is 0 Å². The number of benzene rings is 1. The zero-order valence-corrected chi connectivity index (χ0v) is 12.6. The average Bonchev–Trinajstić information content (AvgIpc) is 2.36. The molecular weight excluding hydrogens is 240 g/mol. The van der Waals surface area contributed by atoms with Crippen LogP contribution in [-0.4, -0.2) is 20.8 Å². The Morgan fingerprint density at radius 1 is 1.21 bits per heavy atom. The summed E-state index contributed by atoms with van der Waals surface area (Å²) in [6.07, 6.45) is 0.813. The van der Waals surface area contributed by atoms with E-state index in [-0.39, 0.29) is 11.5 Å². The molecule has 4 nitrogen and oxygen atoms in total. The van der Waals surface area contributed by atoms with Gasteiger partial charge in [0.1, 0.15) is 11.5 Å². The van der Waals surface area contributed by atoms with Gasteiger partial charge in [-0.1, -0.05) is 13.8 Å². The van der Waals surface area contributed by atoms with Crippen molar-refractivity contribution in [1.29, 1.82) is 0 Å². The molecule has 1 aromatic carbocycles. The Labute approximate surface area is 116 Å². The molecule has 1 rings (SSSR count). The van der Waals surface area contributed by atoms with Crippen LogP contribution in [0.25, 0.3) is 0 Å². The van der Waals surface area contributed by atoms with Gasteiger partial charge in [0.25, 0.3) is 0 Å². The first-order valence-corrected chi connectivity index (χ1v) is 6.53. The van der Waals surface area contributed by atoms with Crippen LogP contribution in [0.3, 0.4) is 0 Å². The van der Waals surface area contributed by atoms with E-state index < -0.39 is 0 Å². The summed E-state index contributed by atoms with van der Waals surface area (Å²) in [7, 11) is 3.30. The molecule has 0 amide bonds. The number of ether oxygens (including phenoxy) is 2. The normalized spacial score (nSPS) is 13.2. The molecule has 1 unspecified atom stereocenters. The van der Waals surface area contributed by atoms with Gasteiger partial charge in [0.2, 0.25) is 0 Å². The van der Waals surface area contributed by atoms with Crippen LogP contribution in [0.15, 0.2) is 12.1 Å². The third-order valence-electron chi connectivity index (χ3n) is 3.47. The molecule has 19 heavy (non-hydrogen) atoms. The Morgan fingerprint density at radius 2 is 1.84 bits per heavy atom. The minimum absolute atomic E-state index is 0.0107. The van der Waals surface area contributed by atoms with Crippen LogP contribution < -0.4 is 20.9 Å². The molecular formula is C15H26N2O2. The van der Waals surface area contributed by atoms with Gasteiger partial charge in [-0.3, -0.25) is 0 Å². The zero-order valence-electron chi connectivity index (χ0n) is 12.6. The second kappa shape index (κ2) is 6.26. The molecule has 0 saturated carbocycles. The number of aryl methyl sites for hydroxylation is 1. The van der Waals surface area contributed by atoms with E-state index in [2.05, 4.69) is 13.8 Å². The summed E-state index contributed by atoms with van der Waals surface area (Å²) in [6.45, 7) is 6.88. The Hall–Kier alpha value is -1.26. The summed E-state index contributed by atoms with van der Waals surface area (Å²) in [5.74, 6) is 1.56. The Bertz CT molecular complexity index is 430. The van der Waals surface area contributed by atoms with E-state index in [1.54, 1.807) is 14.2 Å². The first-order valence-electron chi connectivity index (χ1n) is 6.53. The molecule has 0 saturated heterocycles. The predicted octanol–water partition coefficient (Wildman–Crippen LogP) is 2.39. The second-order valence-electron chi connectivity index (χ2n) is 5.74. The van der Waals surface area contributed by atoms with Crippen LogP contribution in [-0.2, 0) is 0 Å². The van der Waals surface area contributed by atoms with Crippen LogP contribution in [0.5, 0.6) is 11.5 Å². The summed E-state index contributed by atoms with van der Waals surface area (Å²) in [4.78, 5) is 0. The summed E-state index contributed by atoms with van der Waals surface area (Å²) >= 11 is 0. The molecule has 0 heterocycles. The molecule has 0 aliphatic rings. The van der Waals surface area contributed by atoms with E-state index in [1.807, 2.05) is 19.1 Å². The van der Waals surface area contributed by atoms with Crippen molar-refractivity contribution in [1.82, 2.24) is 0 Å². The highest BCUT2D eigenvalue weighted by Gasteiger charge is 2.24. The number of rotatable bonds is 6. The van der Waals surface area contributed by atoms with E-state index in [9.17, 15) is 0 Å². The summed E-state index contributed by atoms with van der Waals surface area (Å²) < 4.78 is 10.7. The second-order valence-corrected chi connectivity index (χ2v) is 5.74. The maximum atomic E-state index is 6.35. The van der Waals surface area contributed by atoms with Crippen molar-refractivity contribution in [2.75, 3.05) is 20.8 Å². The van der Waals surface area contributed by atoms with Gasteiger partial charge in [0.05, 0.1) is 14.2 Å². The molecule has 0 radical (unpaired) electrons. The van der Waals surface area contributed by atoms with Crippen LogP contribution in [0.4, 0.5) is 0 Å². The summed E-state index contributed by atoms with van der Waals surface area (Å²) in [5.41, 5.74) is 14.3. The summed E-state index contributed by atoms with van der Waals surface area (Å²) in [6, 6.07) is 3.75. The minimum Gasteiger partial charge on any atom is -0.497 e. The molecule has 0 aliphatic heterocycles. The SMILES string of the molecule is COc1cc(C)c(C(N)CC(C)(C)CN)c(OC)c1. The van der Waals surface area contributed by atoms with Gasteiger partial charge in [-0.05, 0) is 36.9 Å². The fourth-order valence-electron chi connectivity index (χ4n) is 2.28. The lowest BCUT2D eigenvalue weighted by Crippen LogP contribution is -2.29. The van der Waals surface area contributed by atoms with Crippen molar-refractivity contribution >= 4 is 0 Å². The molecule has 1 aromatic rings. The first-order chi connectivity index (χ1) is 8.84. The van der Waals surface area contributed by atoms with Gasteiger partial charge in [-0.15, -0.1) is 0 Å². The molecule has 4 heteroatoms. The van der Waals surface area contributed by atoms with Gasteiger partial charge < -0.3 is 20.9 Å². The van der Waals surface area contributed by atoms with Crippen LogP contribution in [0.1, 0.15) is 37.4 Å². The van der Waals surface area contributed by atoms with Gasteiger partial charge >= 0.3 is 0 Å². The minimum atomic E-state index is -0.0978. The standard InChI is InChI=1S/C15H26N2O2/c1-10-6-11(18-4)7-13(19-5)14(10)12(17)8-15(2,3)9-16/h6-7,12H,8-9,16-17H2,1-5H3. The molecule has 0 aromatic heterocycles. The highest BCUT2D eigenvalue weighted by Crippen LogP contribution is 2.36. The average molecular weight is 266 g/mol. The molecule has 108 valence electrons. The molecule has 0 fully saturated rings. The maximum absolute atomic E-state index is 6.35. The van der Waals surface area contributed by atoms with E-state index in [1.165, 1.54) is 0 Å². The van der Waals surface area contributed by atoms with Crippen molar-refractivity contribution in [3.63, 3.8) is 0 Å². The van der Waals surface area contributed by atoms with Crippen LogP contribution in [0, 0.1) is 12.3 Å². The molecule has 4 N–H and O–H groups in total. The number of hydrogen-bond acceptors (Lipinski definition) is 4. The number of methoxy groups -OCH3 is 2. The smallest absolute Gasteiger partial charge is 0.127 e. The molecule has 0 bridgehead atoms. The monoisotopic (exact) mass is 266 g/mol. The van der Waals surface area contributed by atoms with Crippen molar-refractivity contribution in [3.05, 3.63) is 23.3 Å². The fourth-order valence-corrected chi connectivity index (χ4v) is 2.28. The summed E-state index contributed by atoms with van der Waals surface area (Å²) in [5, 5.41) is 0. The lowest BCUT2D eigenvalue weighted by Gasteiger charge is -2.28. The molecule has 1 atom stereocenters.